The first-order valence-electron chi connectivity index (χ1n) is 4.94. The number of hydrogen-bond acceptors (Lipinski definition) is 3. The SMILES string of the molecule is Cc1ccc(Oc2ccc(C=S)cc2)nc1. The van der Waals surface area contributed by atoms with Gasteiger partial charge in [0.05, 0.1) is 0 Å². The molecule has 2 rings (SSSR count). The van der Waals surface area contributed by atoms with Crippen LogP contribution in [-0.4, -0.2) is 10.4 Å². The summed E-state index contributed by atoms with van der Waals surface area (Å²) in [4.78, 5) is 4.17. The molecule has 3 heteroatoms. The van der Waals surface area contributed by atoms with Crippen molar-refractivity contribution in [3.8, 4) is 11.6 Å². The molecule has 0 spiro atoms. The molecule has 0 fully saturated rings. The van der Waals surface area contributed by atoms with Gasteiger partial charge < -0.3 is 4.74 Å². The number of rotatable bonds is 3. The summed E-state index contributed by atoms with van der Waals surface area (Å²) < 4.78 is 5.57. The van der Waals surface area contributed by atoms with E-state index in [1.54, 1.807) is 11.6 Å². The van der Waals surface area contributed by atoms with Gasteiger partial charge in [-0.3, -0.25) is 0 Å². The molecule has 0 bridgehead atoms. The van der Waals surface area contributed by atoms with Crippen molar-refractivity contribution in [1.29, 1.82) is 0 Å². The summed E-state index contributed by atoms with van der Waals surface area (Å²) in [5, 5.41) is 1.63. The van der Waals surface area contributed by atoms with Crippen molar-refractivity contribution in [2.75, 3.05) is 0 Å². The van der Waals surface area contributed by atoms with Gasteiger partial charge in [0.1, 0.15) is 5.75 Å². The maximum Gasteiger partial charge on any atom is 0.219 e. The monoisotopic (exact) mass is 229 g/mol. The zero-order chi connectivity index (χ0) is 11.4. The quantitative estimate of drug-likeness (QED) is 0.752. The minimum atomic E-state index is 0.598. The van der Waals surface area contributed by atoms with E-state index in [9.17, 15) is 0 Å². The molecule has 0 aliphatic heterocycles. The van der Waals surface area contributed by atoms with Gasteiger partial charge in [-0.2, -0.15) is 0 Å². The van der Waals surface area contributed by atoms with Gasteiger partial charge in [-0.25, -0.2) is 4.98 Å². The fourth-order valence-corrected chi connectivity index (χ4v) is 1.41. The van der Waals surface area contributed by atoms with Crippen molar-refractivity contribution in [1.82, 2.24) is 4.98 Å². The van der Waals surface area contributed by atoms with Crippen LogP contribution < -0.4 is 4.74 Å². The molecule has 80 valence electrons. The van der Waals surface area contributed by atoms with Crippen LogP contribution in [0.15, 0.2) is 42.6 Å². The van der Waals surface area contributed by atoms with Crippen molar-refractivity contribution in [2.24, 2.45) is 0 Å². The Morgan fingerprint density at radius 1 is 1.12 bits per heavy atom. The fraction of sp³-hybridized carbons (Fsp3) is 0.0769. The summed E-state index contributed by atoms with van der Waals surface area (Å²) in [6.07, 6.45) is 1.78. The molecule has 1 aromatic carbocycles. The second kappa shape index (κ2) is 4.86. The van der Waals surface area contributed by atoms with Crippen molar-refractivity contribution >= 4 is 17.6 Å². The van der Waals surface area contributed by atoms with E-state index in [-0.39, 0.29) is 0 Å². The van der Waals surface area contributed by atoms with Crippen molar-refractivity contribution < 1.29 is 4.74 Å². The second-order valence-electron chi connectivity index (χ2n) is 3.46. The zero-order valence-electron chi connectivity index (χ0n) is 8.88. The highest BCUT2D eigenvalue weighted by molar-refractivity contribution is 7.79. The fourth-order valence-electron chi connectivity index (χ4n) is 1.25. The van der Waals surface area contributed by atoms with Gasteiger partial charge in [0, 0.05) is 17.6 Å². The van der Waals surface area contributed by atoms with E-state index in [0.717, 1.165) is 16.9 Å². The molecule has 0 atom stereocenters. The largest absolute Gasteiger partial charge is 0.439 e. The first kappa shape index (κ1) is 10.8. The van der Waals surface area contributed by atoms with Crippen molar-refractivity contribution in [3.05, 3.63) is 53.7 Å². The van der Waals surface area contributed by atoms with Gasteiger partial charge in [0.15, 0.2) is 0 Å². The van der Waals surface area contributed by atoms with E-state index in [2.05, 4.69) is 4.98 Å². The molecule has 0 aliphatic rings. The average Bonchev–Trinajstić information content (AvgIpc) is 2.33. The molecule has 0 N–H and O–H groups in total. The molecule has 2 nitrogen and oxygen atoms in total. The minimum Gasteiger partial charge on any atom is -0.439 e. The van der Waals surface area contributed by atoms with Gasteiger partial charge >= 0.3 is 0 Å². The molecule has 0 radical (unpaired) electrons. The van der Waals surface area contributed by atoms with Crippen LogP contribution in [0.1, 0.15) is 11.1 Å². The number of benzene rings is 1. The summed E-state index contributed by atoms with van der Waals surface area (Å²) in [6, 6.07) is 11.4. The third kappa shape index (κ3) is 2.64. The molecule has 0 saturated heterocycles. The Hall–Kier alpha value is -1.74. The Balaban J connectivity index is 2.14. The Labute approximate surface area is 99.9 Å². The molecule has 16 heavy (non-hydrogen) atoms. The summed E-state index contributed by atoms with van der Waals surface area (Å²) in [5.74, 6) is 1.36. The number of ether oxygens (including phenoxy) is 1. The van der Waals surface area contributed by atoms with Gasteiger partial charge in [-0.15, -0.1) is 0 Å². The second-order valence-corrected chi connectivity index (χ2v) is 3.70. The van der Waals surface area contributed by atoms with E-state index in [1.807, 2.05) is 43.3 Å². The third-order valence-corrected chi connectivity index (χ3v) is 2.39. The summed E-state index contributed by atoms with van der Waals surface area (Å²) in [6.45, 7) is 1.99. The maximum absolute atomic E-state index is 5.57. The van der Waals surface area contributed by atoms with E-state index in [1.165, 1.54) is 0 Å². The van der Waals surface area contributed by atoms with Crippen LogP contribution in [0.25, 0.3) is 0 Å². The van der Waals surface area contributed by atoms with Crippen molar-refractivity contribution in [3.63, 3.8) is 0 Å². The van der Waals surface area contributed by atoms with Crippen LogP contribution in [-0.2, 0) is 0 Å². The van der Waals surface area contributed by atoms with Gasteiger partial charge in [-0.05, 0) is 30.2 Å². The lowest BCUT2D eigenvalue weighted by Crippen LogP contribution is -1.88. The molecule has 1 aromatic heterocycles. The van der Waals surface area contributed by atoms with Crippen LogP contribution in [0.5, 0.6) is 11.6 Å². The lowest BCUT2D eigenvalue weighted by Gasteiger charge is -2.04. The predicted molar refractivity (Wildman–Crippen MR) is 68.2 cm³/mol. The number of aryl methyl sites for hydroxylation is 1. The first-order valence-corrected chi connectivity index (χ1v) is 5.41. The Kier molecular flexibility index (Phi) is 3.27. The van der Waals surface area contributed by atoms with E-state index in [0.29, 0.717) is 5.88 Å². The number of aromatic nitrogens is 1. The molecule has 0 saturated carbocycles. The third-order valence-electron chi connectivity index (χ3n) is 2.12. The number of pyridine rings is 1. The molecule has 2 aromatic rings. The topological polar surface area (TPSA) is 22.1 Å². The van der Waals surface area contributed by atoms with Gasteiger partial charge in [0.25, 0.3) is 0 Å². The normalized spacial score (nSPS) is 9.81. The summed E-state index contributed by atoms with van der Waals surface area (Å²) in [7, 11) is 0. The predicted octanol–water partition coefficient (Wildman–Crippen LogP) is 3.53. The van der Waals surface area contributed by atoms with Gasteiger partial charge in [-0.1, -0.05) is 30.4 Å². The standard InChI is InChI=1S/C13H11NOS/c1-10-2-7-13(14-8-10)15-12-5-3-11(9-16)4-6-12/h2-9H,1H3. The zero-order valence-corrected chi connectivity index (χ0v) is 9.70. The smallest absolute Gasteiger partial charge is 0.219 e. The van der Waals surface area contributed by atoms with Crippen molar-refractivity contribution in [2.45, 2.75) is 6.92 Å². The summed E-state index contributed by atoms with van der Waals surface area (Å²) >= 11 is 4.83. The minimum absolute atomic E-state index is 0.598. The number of hydrogen-bond donors (Lipinski definition) is 0. The number of nitrogens with zero attached hydrogens (tertiary/aromatic N) is 1. The summed E-state index contributed by atoms with van der Waals surface area (Å²) in [5.41, 5.74) is 2.11. The Morgan fingerprint density at radius 2 is 1.88 bits per heavy atom. The lowest BCUT2D eigenvalue weighted by atomic mass is 10.2. The molecule has 0 unspecified atom stereocenters. The van der Waals surface area contributed by atoms with E-state index in [4.69, 9.17) is 17.0 Å². The average molecular weight is 229 g/mol. The van der Waals surface area contributed by atoms with E-state index >= 15 is 0 Å². The molecule has 1 heterocycles. The first-order chi connectivity index (χ1) is 7.78. The maximum atomic E-state index is 5.57. The van der Waals surface area contributed by atoms with Gasteiger partial charge in [0.2, 0.25) is 5.88 Å². The molecule has 0 aliphatic carbocycles. The number of thiocarbonyl (C=S) groups is 1. The van der Waals surface area contributed by atoms with Crippen LogP contribution in [0, 0.1) is 6.92 Å². The highest BCUT2D eigenvalue weighted by Crippen LogP contribution is 2.19. The molecular formula is C13H11NOS. The van der Waals surface area contributed by atoms with Crippen LogP contribution >= 0.6 is 12.2 Å². The van der Waals surface area contributed by atoms with E-state index < -0.39 is 0 Å². The Bertz CT molecular complexity index is 476. The molecule has 0 amide bonds. The molecular weight excluding hydrogens is 218 g/mol. The van der Waals surface area contributed by atoms with Crippen LogP contribution in [0.3, 0.4) is 0 Å². The van der Waals surface area contributed by atoms with Crippen LogP contribution in [0.2, 0.25) is 0 Å². The lowest BCUT2D eigenvalue weighted by molar-refractivity contribution is 0.462. The highest BCUT2D eigenvalue weighted by Gasteiger charge is 1.97. The Morgan fingerprint density at radius 3 is 2.44 bits per heavy atom. The van der Waals surface area contributed by atoms with Crippen LogP contribution in [0.4, 0.5) is 0 Å². The highest BCUT2D eigenvalue weighted by atomic mass is 32.1.